The molecule has 0 aliphatic carbocycles. The lowest BCUT2D eigenvalue weighted by atomic mass is 9.76. The monoisotopic (exact) mass is 311 g/mol. The molecule has 0 aliphatic heterocycles. The Hall–Kier alpha value is -0.560. The predicted molar refractivity (Wildman–Crippen MR) is 106 cm³/mol. The zero-order valence-electron chi connectivity index (χ0n) is 17.0. The second-order valence-electron chi connectivity index (χ2n) is 7.05. The highest BCUT2D eigenvalue weighted by molar-refractivity contribution is 5.09. The van der Waals surface area contributed by atoms with Crippen molar-refractivity contribution >= 4 is 0 Å². The molecule has 0 amide bonds. The second kappa shape index (κ2) is 16.8. The summed E-state index contributed by atoms with van der Waals surface area (Å²) in [5.74, 6) is 0.607. The van der Waals surface area contributed by atoms with Crippen LogP contribution in [0.4, 0.5) is 0 Å². The lowest BCUT2D eigenvalue weighted by Crippen LogP contribution is -2.17. The molecule has 134 valence electrons. The van der Waals surface area contributed by atoms with E-state index in [1.54, 1.807) is 0 Å². The van der Waals surface area contributed by atoms with Crippen LogP contribution in [-0.4, -0.2) is 6.04 Å². The fraction of sp³-hybridized carbons (Fsp3) is 0.810. The molecule has 2 N–H and O–H groups in total. The number of allylic oxidation sites excluding steroid dienone is 2. The van der Waals surface area contributed by atoms with E-state index >= 15 is 0 Å². The van der Waals surface area contributed by atoms with Crippen molar-refractivity contribution in [1.82, 2.24) is 0 Å². The van der Waals surface area contributed by atoms with E-state index in [1.165, 1.54) is 44.1 Å². The summed E-state index contributed by atoms with van der Waals surface area (Å²) in [4.78, 5) is 0. The Morgan fingerprint density at radius 1 is 1.00 bits per heavy atom. The Balaban J connectivity index is -0.000000516. The van der Waals surface area contributed by atoms with Crippen LogP contribution in [-0.2, 0) is 0 Å². The summed E-state index contributed by atoms with van der Waals surface area (Å²) >= 11 is 0. The summed E-state index contributed by atoms with van der Waals surface area (Å²) in [5.41, 5.74) is 6.82. The highest BCUT2D eigenvalue weighted by Gasteiger charge is 2.22. The van der Waals surface area contributed by atoms with Crippen LogP contribution in [0.1, 0.15) is 93.9 Å². The maximum Gasteiger partial charge on any atom is -0.00179 e. The van der Waals surface area contributed by atoms with E-state index in [4.69, 9.17) is 5.73 Å². The molecule has 0 aromatic rings. The molecule has 0 fully saturated rings. The van der Waals surface area contributed by atoms with Gasteiger partial charge in [0.15, 0.2) is 0 Å². The first-order chi connectivity index (χ1) is 10.1. The van der Waals surface area contributed by atoms with Crippen molar-refractivity contribution in [1.29, 1.82) is 0 Å². The second-order valence-corrected chi connectivity index (χ2v) is 7.05. The summed E-state index contributed by atoms with van der Waals surface area (Å²) in [6.45, 7) is 25.0. The van der Waals surface area contributed by atoms with Crippen molar-refractivity contribution in [2.75, 3.05) is 0 Å². The van der Waals surface area contributed by atoms with Gasteiger partial charge in [0.05, 0.1) is 0 Å². The Kier molecular flexibility index (Phi) is 20.1. The molecule has 0 saturated carbocycles. The number of hydrogen-bond donors (Lipinski definition) is 1. The minimum atomic E-state index is 0.312. The zero-order valence-corrected chi connectivity index (χ0v) is 17.0. The first-order valence-electron chi connectivity index (χ1n) is 9.21. The van der Waals surface area contributed by atoms with Crippen LogP contribution in [0.3, 0.4) is 0 Å². The summed E-state index contributed by atoms with van der Waals surface area (Å²) in [5, 5.41) is 0. The van der Waals surface area contributed by atoms with Crippen molar-refractivity contribution in [3.05, 3.63) is 24.8 Å². The van der Waals surface area contributed by atoms with Gasteiger partial charge in [0.1, 0.15) is 0 Å². The third-order valence-corrected chi connectivity index (χ3v) is 3.53. The van der Waals surface area contributed by atoms with Gasteiger partial charge in [-0.05, 0) is 36.6 Å². The maximum absolute atomic E-state index is 5.11. The molecule has 0 bridgehead atoms. The fourth-order valence-electron chi connectivity index (χ4n) is 2.15. The van der Waals surface area contributed by atoms with Gasteiger partial charge in [-0.25, -0.2) is 0 Å². The third-order valence-electron chi connectivity index (χ3n) is 3.53. The van der Waals surface area contributed by atoms with Crippen LogP contribution < -0.4 is 5.73 Å². The van der Waals surface area contributed by atoms with E-state index in [0.29, 0.717) is 17.4 Å². The Bertz CT molecular complexity index is 246. The molecular weight excluding hydrogens is 266 g/mol. The van der Waals surface area contributed by atoms with Crippen molar-refractivity contribution in [3.63, 3.8) is 0 Å². The van der Waals surface area contributed by atoms with Gasteiger partial charge in [0, 0.05) is 0 Å². The number of rotatable bonds is 9. The number of nitrogens with two attached hydrogens (primary N) is 1. The van der Waals surface area contributed by atoms with Gasteiger partial charge in [-0.3, -0.25) is 0 Å². The maximum atomic E-state index is 5.11. The number of unbranched alkanes of at least 4 members (excludes halogenated alkanes) is 4. The van der Waals surface area contributed by atoms with Gasteiger partial charge < -0.3 is 5.73 Å². The van der Waals surface area contributed by atoms with Crippen LogP contribution in [0.15, 0.2) is 24.8 Å². The van der Waals surface area contributed by atoms with Crippen molar-refractivity contribution < 1.29 is 0 Å². The summed E-state index contributed by atoms with van der Waals surface area (Å²) in [6.07, 6.45) is 9.79. The summed E-state index contributed by atoms with van der Waals surface area (Å²) < 4.78 is 0. The van der Waals surface area contributed by atoms with Gasteiger partial charge in [-0.2, -0.15) is 0 Å². The van der Waals surface area contributed by atoms with E-state index in [2.05, 4.69) is 40.9 Å². The van der Waals surface area contributed by atoms with Crippen LogP contribution in [0.25, 0.3) is 0 Å². The lowest BCUT2D eigenvalue weighted by molar-refractivity contribution is 0.355. The summed E-state index contributed by atoms with van der Waals surface area (Å²) in [6, 6.07) is 0.333. The molecule has 0 aliphatic rings. The highest BCUT2D eigenvalue weighted by Crippen LogP contribution is 2.35. The molecule has 0 heterocycles. The normalized spacial score (nSPS) is 10.5. The SMILES string of the molecule is C=CCCCCCCC(C)(C)C(=C)C(C)C.CC.CC(C)N. The van der Waals surface area contributed by atoms with Gasteiger partial charge in [-0.15, -0.1) is 6.58 Å². The highest BCUT2D eigenvalue weighted by atomic mass is 14.6. The van der Waals surface area contributed by atoms with Crippen LogP contribution >= 0.6 is 0 Å². The largest absolute Gasteiger partial charge is 0.328 e. The van der Waals surface area contributed by atoms with E-state index in [9.17, 15) is 0 Å². The smallest absolute Gasteiger partial charge is 0.00179 e. The van der Waals surface area contributed by atoms with Gasteiger partial charge in [-0.1, -0.05) is 92.9 Å². The minimum Gasteiger partial charge on any atom is -0.328 e. The molecular formula is C21H45N. The van der Waals surface area contributed by atoms with Crippen molar-refractivity contribution in [3.8, 4) is 0 Å². The fourth-order valence-corrected chi connectivity index (χ4v) is 2.15. The Morgan fingerprint density at radius 3 is 1.77 bits per heavy atom. The lowest BCUT2D eigenvalue weighted by Gasteiger charge is -2.30. The van der Waals surface area contributed by atoms with E-state index < -0.39 is 0 Å². The van der Waals surface area contributed by atoms with E-state index in [-0.39, 0.29) is 0 Å². The third kappa shape index (κ3) is 19.4. The van der Waals surface area contributed by atoms with Gasteiger partial charge in [0.25, 0.3) is 0 Å². The molecule has 0 aromatic heterocycles. The molecule has 0 radical (unpaired) electrons. The predicted octanol–water partition coefficient (Wildman–Crippen LogP) is 7.13. The molecule has 0 rings (SSSR count). The van der Waals surface area contributed by atoms with Gasteiger partial charge in [0.2, 0.25) is 0 Å². The Morgan fingerprint density at radius 2 is 1.41 bits per heavy atom. The van der Waals surface area contributed by atoms with Crippen molar-refractivity contribution in [2.24, 2.45) is 17.1 Å². The van der Waals surface area contributed by atoms with E-state index in [1.807, 2.05) is 33.8 Å². The molecule has 0 unspecified atom stereocenters. The average molecular weight is 312 g/mol. The molecule has 1 nitrogen and oxygen atoms in total. The van der Waals surface area contributed by atoms with Crippen LogP contribution in [0.5, 0.6) is 0 Å². The van der Waals surface area contributed by atoms with Crippen LogP contribution in [0.2, 0.25) is 0 Å². The first kappa shape index (κ1) is 26.3. The molecule has 22 heavy (non-hydrogen) atoms. The van der Waals surface area contributed by atoms with E-state index in [0.717, 1.165) is 0 Å². The van der Waals surface area contributed by atoms with Gasteiger partial charge >= 0.3 is 0 Å². The molecule has 0 aromatic carbocycles. The molecule has 0 spiro atoms. The zero-order chi connectivity index (χ0) is 18.2. The topological polar surface area (TPSA) is 26.0 Å². The standard InChI is InChI=1S/C16H30.C3H9N.C2H6/c1-7-8-9-10-11-12-13-16(5,6)15(4)14(2)3;1-3(2)4;1-2/h7,14H,1,4,8-13H2,2-3,5-6H3;3H,4H2,1-2H3;1-2H3. The Labute approximate surface area is 142 Å². The van der Waals surface area contributed by atoms with Crippen LogP contribution in [0, 0.1) is 11.3 Å². The molecule has 0 atom stereocenters. The summed E-state index contributed by atoms with van der Waals surface area (Å²) in [7, 11) is 0. The number of hydrogen-bond acceptors (Lipinski definition) is 1. The minimum absolute atomic E-state index is 0.312. The molecule has 1 heteroatoms. The first-order valence-corrected chi connectivity index (χ1v) is 9.21. The quantitative estimate of drug-likeness (QED) is 0.355. The average Bonchev–Trinajstić information content (AvgIpc) is 2.43. The van der Waals surface area contributed by atoms with Crippen molar-refractivity contribution in [2.45, 2.75) is 100.0 Å². The molecule has 0 saturated heterocycles.